The van der Waals surface area contributed by atoms with E-state index >= 15 is 0 Å². The van der Waals surface area contributed by atoms with Crippen molar-refractivity contribution in [2.24, 2.45) is 5.92 Å². The van der Waals surface area contributed by atoms with E-state index in [4.69, 9.17) is 0 Å². The topological polar surface area (TPSA) is 61.4 Å². The summed E-state index contributed by atoms with van der Waals surface area (Å²) >= 11 is 0. The first-order valence-electron chi connectivity index (χ1n) is 6.77. The van der Waals surface area contributed by atoms with Crippen molar-refractivity contribution in [3.8, 4) is 0 Å². The first-order chi connectivity index (χ1) is 9.90. The third-order valence-corrected chi connectivity index (χ3v) is 3.35. The van der Waals surface area contributed by atoms with Gasteiger partial charge in [0.05, 0.1) is 11.8 Å². The number of carbonyl (C=O) groups is 1. The van der Waals surface area contributed by atoms with Crippen LogP contribution in [0.5, 0.6) is 0 Å². The summed E-state index contributed by atoms with van der Waals surface area (Å²) in [5, 5.41) is 14.3. The van der Waals surface area contributed by atoms with Crippen molar-refractivity contribution >= 4 is 11.7 Å². The molecule has 0 saturated carbocycles. The maximum atomic E-state index is 13.4. The van der Waals surface area contributed by atoms with Gasteiger partial charge in [-0.2, -0.15) is 0 Å². The molecule has 1 aromatic rings. The van der Waals surface area contributed by atoms with Crippen LogP contribution >= 0.6 is 0 Å². The molecule has 4 nitrogen and oxygen atoms in total. The second kappa shape index (κ2) is 7.87. The van der Waals surface area contributed by atoms with E-state index in [0.717, 1.165) is 18.9 Å². The number of hydrogen-bond donors (Lipinski definition) is 3. The zero-order chi connectivity index (χ0) is 16.0. The first-order valence-corrected chi connectivity index (χ1v) is 6.77. The van der Waals surface area contributed by atoms with Crippen LogP contribution in [0.2, 0.25) is 0 Å². The van der Waals surface area contributed by atoms with Crippen LogP contribution in [-0.4, -0.2) is 23.8 Å². The molecule has 1 atom stereocenters. The van der Waals surface area contributed by atoms with Gasteiger partial charge in [-0.3, -0.25) is 0 Å². The highest BCUT2D eigenvalue weighted by molar-refractivity contribution is 5.89. The van der Waals surface area contributed by atoms with Gasteiger partial charge in [-0.1, -0.05) is 26.7 Å². The van der Waals surface area contributed by atoms with E-state index in [-0.39, 0.29) is 12.5 Å². The van der Waals surface area contributed by atoms with Crippen molar-refractivity contribution in [2.75, 3.05) is 11.9 Å². The molecule has 0 aliphatic carbocycles. The zero-order valence-corrected chi connectivity index (χ0v) is 11.9. The first kappa shape index (κ1) is 17.3. The Morgan fingerprint density at radius 1 is 1.19 bits per heavy atom. The molecule has 0 heterocycles. The number of nitrogens with one attached hydrogen (secondary N) is 2. The Morgan fingerprint density at radius 2 is 1.81 bits per heavy atom. The Hall–Kier alpha value is -1.76. The number of halogens is 3. The van der Waals surface area contributed by atoms with Gasteiger partial charge in [0.1, 0.15) is 0 Å². The van der Waals surface area contributed by atoms with Crippen molar-refractivity contribution in [1.82, 2.24) is 5.32 Å². The maximum Gasteiger partial charge on any atom is 0.319 e. The van der Waals surface area contributed by atoms with Crippen molar-refractivity contribution in [1.29, 1.82) is 0 Å². The van der Waals surface area contributed by atoms with Crippen LogP contribution in [0.25, 0.3) is 0 Å². The van der Waals surface area contributed by atoms with Crippen molar-refractivity contribution in [2.45, 2.75) is 32.8 Å². The number of amides is 2. The lowest BCUT2D eigenvalue weighted by Crippen LogP contribution is -2.38. The summed E-state index contributed by atoms with van der Waals surface area (Å²) in [4.78, 5) is 11.5. The number of rotatable bonds is 6. The predicted molar refractivity (Wildman–Crippen MR) is 73.4 cm³/mol. The average Bonchev–Trinajstić information content (AvgIpc) is 2.47. The van der Waals surface area contributed by atoms with Gasteiger partial charge in [-0.05, 0) is 18.1 Å². The van der Waals surface area contributed by atoms with E-state index in [1.165, 1.54) is 0 Å². The summed E-state index contributed by atoms with van der Waals surface area (Å²) in [7, 11) is 0. The minimum atomic E-state index is -1.65. The van der Waals surface area contributed by atoms with E-state index in [1.54, 1.807) is 0 Å². The minimum Gasteiger partial charge on any atom is -0.391 e. The molecule has 0 spiro atoms. The fraction of sp³-hybridized carbons (Fsp3) is 0.500. The van der Waals surface area contributed by atoms with E-state index in [1.807, 2.05) is 13.8 Å². The molecule has 0 aliphatic rings. The van der Waals surface area contributed by atoms with Crippen LogP contribution in [0.1, 0.15) is 26.7 Å². The monoisotopic (exact) mass is 304 g/mol. The van der Waals surface area contributed by atoms with E-state index in [9.17, 15) is 23.1 Å². The highest BCUT2D eigenvalue weighted by Crippen LogP contribution is 2.19. The molecule has 3 N–H and O–H groups in total. The lowest BCUT2D eigenvalue weighted by Gasteiger charge is -2.20. The van der Waals surface area contributed by atoms with Crippen molar-refractivity contribution in [3.05, 3.63) is 29.6 Å². The molecule has 21 heavy (non-hydrogen) atoms. The van der Waals surface area contributed by atoms with Gasteiger partial charge in [0, 0.05) is 6.54 Å². The van der Waals surface area contributed by atoms with Gasteiger partial charge in [0.15, 0.2) is 17.5 Å². The van der Waals surface area contributed by atoms with Gasteiger partial charge in [0.2, 0.25) is 0 Å². The predicted octanol–water partition coefficient (Wildman–Crippen LogP) is 3.02. The van der Waals surface area contributed by atoms with Gasteiger partial charge in [-0.15, -0.1) is 0 Å². The summed E-state index contributed by atoms with van der Waals surface area (Å²) in [6.07, 6.45) is 0.804. The summed E-state index contributed by atoms with van der Waals surface area (Å²) in [5.41, 5.74) is -0.469. The zero-order valence-electron chi connectivity index (χ0n) is 11.9. The average molecular weight is 304 g/mol. The quantitative estimate of drug-likeness (QED) is 0.707. The molecule has 7 heteroatoms. The highest BCUT2D eigenvalue weighted by atomic mass is 19.2. The lowest BCUT2D eigenvalue weighted by atomic mass is 9.97. The van der Waals surface area contributed by atoms with Crippen LogP contribution in [-0.2, 0) is 0 Å². The molecule has 0 aromatic heterocycles. The fourth-order valence-electron chi connectivity index (χ4n) is 1.99. The molecule has 0 bridgehead atoms. The lowest BCUT2D eigenvalue weighted by molar-refractivity contribution is 0.104. The second-order valence-corrected chi connectivity index (χ2v) is 4.70. The molecule has 2 amide bonds. The van der Waals surface area contributed by atoms with E-state index < -0.39 is 35.3 Å². The van der Waals surface area contributed by atoms with Crippen LogP contribution in [0, 0.1) is 23.4 Å². The maximum absolute atomic E-state index is 13.4. The Labute approximate surface area is 121 Å². The molecular formula is C14H19F3N2O2. The molecule has 1 unspecified atom stereocenters. The normalized spacial score (nSPS) is 12.3. The van der Waals surface area contributed by atoms with Crippen LogP contribution < -0.4 is 10.6 Å². The number of aliphatic hydroxyl groups is 1. The molecule has 0 radical (unpaired) electrons. The molecule has 0 fully saturated rings. The SMILES string of the molecule is CCC(CC)C(O)CNC(=O)Nc1ccc(F)c(F)c1F. The van der Waals surface area contributed by atoms with E-state index in [2.05, 4.69) is 10.6 Å². The smallest absolute Gasteiger partial charge is 0.319 e. The second-order valence-electron chi connectivity index (χ2n) is 4.70. The summed E-state index contributed by atoms with van der Waals surface area (Å²) < 4.78 is 39.1. The largest absolute Gasteiger partial charge is 0.391 e. The number of benzene rings is 1. The number of carbonyl (C=O) groups excluding carboxylic acids is 1. The van der Waals surface area contributed by atoms with E-state index in [0.29, 0.717) is 6.07 Å². The molecule has 0 saturated heterocycles. The fourth-order valence-corrected chi connectivity index (χ4v) is 1.99. The molecule has 1 rings (SSSR count). The number of aliphatic hydroxyl groups excluding tert-OH is 1. The minimum absolute atomic E-state index is 0.0104. The van der Waals surface area contributed by atoms with Crippen LogP contribution in [0.3, 0.4) is 0 Å². The number of anilines is 1. The summed E-state index contributed by atoms with van der Waals surface area (Å²) in [5.74, 6) is -4.40. The van der Waals surface area contributed by atoms with Gasteiger partial charge in [0.25, 0.3) is 0 Å². The third kappa shape index (κ3) is 4.63. The molecule has 0 aliphatic heterocycles. The Kier molecular flexibility index (Phi) is 6.48. The Balaban J connectivity index is 2.57. The van der Waals surface area contributed by atoms with Crippen molar-refractivity contribution in [3.63, 3.8) is 0 Å². The molecule has 118 valence electrons. The Bertz CT molecular complexity index is 493. The molecule has 1 aromatic carbocycles. The standard InChI is InChI=1S/C14H19F3N2O2/c1-3-8(4-2)11(20)7-18-14(21)19-10-6-5-9(15)12(16)13(10)17/h5-6,8,11,20H,3-4,7H2,1-2H3,(H2,18,19,21). The van der Waals surface area contributed by atoms with Gasteiger partial charge >= 0.3 is 6.03 Å². The summed E-state index contributed by atoms with van der Waals surface area (Å²) in [6.45, 7) is 3.84. The highest BCUT2D eigenvalue weighted by Gasteiger charge is 2.18. The third-order valence-electron chi connectivity index (χ3n) is 3.35. The van der Waals surface area contributed by atoms with Crippen LogP contribution in [0.15, 0.2) is 12.1 Å². The number of urea groups is 1. The number of hydrogen-bond acceptors (Lipinski definition) is 2. The Morgan fingerprint density at radius 3 is 2.38 bits per heavy atom. The molecular weight excluding hydrogens is 285 g/mol. The van der Waals surface area contributed by atoms with Crippen LogP contribution in [0.4, 0.5) is 23.7 Å². The van der Waals surface area contributed by atoms with Crippen molar-refractivity contribution < 1.29 is 23.1 Å². The van der Waals surface area contributed by atoms with Gasteiger partial charge in [-0.25, -0.2) is 18.0 Å². The summed E-state index contributed by atoms with van der Waals surface area (Å²) in [6, 6.07) is 0.836. The van der Waals surface area contributed by atoms with Gasteiger partial charge < -0.3 is 15.7 Å².